The molecule has 8 aromatic rings. The van der Waals surface area contributed by atoms with Gasteiger partial charge in [0.2, 0.25) is 0 Å². The number of benzene rings is 8. The summed E-state index contributed by atoms with van der Waals surface area (Å²) in [4.78, 5) is 25.6. The zero-order valence-electron chi connectivity index (χ0n) is 78.7. The Labute approximate surface area is 762 Å². The lowest BCUT2D eigenvalue weighted by molar-refractivity contribution is -0.256. The summed E-state index contributed by atoms with van der Waals surface area (Å²) >= 11 is 0. The normalized spacial score (nSPS) is 25.9. The van der Waals surface area contributed by atoms with Crippen molar-refractivity contribution in [1.29, 1.82) is 0 Å². The summed E-state index contributed by atoms with van der Waals surface area (Å²) in [6, 6.07) is 85.7. The second-order valence-electron chi connectivity index (χ2n) is 41.8. The molecule has 20 heteroatoms. The molecule has 127 heavy (non-hydrogen) atoms. The van der Waals surface area contributed by atoms with Crippen molar-refractivity contribution in [3.63, 3.8) is 0 Å². The number of fused-ring (bicyclic) bond motifs is 4. The van der Waals surface area contributed by atoms with Crippen molar-refractivity contribution in [3.8, 4) is 0 Å². The highest BCUT2D eigenvalue weighted by molar-refractivity contribution is 7.01. The van der Waals surface area contributed by atoms with Crippen LogP contribution in [0.2, 0.25) is 20.2 Å². The van der Waals surface area contributed by atoms with Crippen LogP contribution in [0.1, 0.15) is 176 Å². The predicted octanol–water partition coefficient (Wildman–Crippen LogP) is 16.4. The van der Waals surface area contributed by atoms with Crippen LogP contribution in [0.15, 0.2) is 268 Å². The Bertz CT molecular complexity index is 4660. The first-order chi connectivity index (χ1) is 60.3. The molecule has 6 fully saturated rings. The SMILES string of the molecule is C=CC(C[C@H]1O[C@H]2[C@@H](O[Si](c3ccccc3)(c3ccccc3)C(C)(C)C)[C@H]3O[C@@H](CCOC(=O)C(C)(C)C)CC[C@@H]3O[C@H]2[C@H]1O[Si](c1ccccc1)(c1ccccc1)C(C)(C)C)OC.C=CC(O)C[C@H]1O[C@H]2[C@@H](O[Si](c3ccccc3)(c3ccccc3)C(C)(C)C)[C@H]3O[C@@H](CCOC(=O)C(C)(C)C)CC[C@@H]3O[C@H]2[C@H]1O[Si](c1ccccc1)(c1ccccc1)C(C)(C)C. The van der Waals surface area contributed by atoms with Crippen molar-refractivity contribution >= 4 is 86.7 Å². The van der Waals surface area contributed by atoms with E-state index in [4.69, 9.17) is 60.3 Å². The molecule has 0 spiro atoms. The second-order valence-corrected chi connectivity index (χ2v) is 58.8. The fourth-order valence-electron chi connectivity index (χ4n) is 20.6. The number of carbonyl (C=O) groups excluding carboxylic acids is 2. The van der Waals surface area contributed by atoms with Crippen molar-refractivity contribution in [2.45, 2.75) is 306 Å². The zero-order valence-corrected chi connectivity index (χ0v) is 82.7. The summed E-state index contributed by atoms with van der Waals surface area (Å²) in [6.07, 6.45) is -0.201. The van der Waals surface area contributed by atoms with E-state index in [1.54, 1.807) is 13.2 Å². The van der Waals surface area contributed by atoms with Crippen LogP contribution < -0.4 is 41.5 Å². The Morgan fingerprint density at radius 3 is 0.819 bits per heavy atom. The quantitative estimate of drug-likeness (QED) is 0.0266. The van der Waals surface area contributed by atoms with Gasteiger partial charge in [0.05, 0.1) is 72.9 Å². The molecular formula is C107H142O16Si4. The van der Waals surface area contributed by atoms with Crippen LogP contribution in [0.5, 0.6) is 0 Å². The average Bonchev–Trinajstić information content (AvgIpc) is 1.58. The van der Waals surface area contributed by atoms with E-state index in [1.807, 2.05) is 47.6 Å². The smallest absolute Gasteiger partial charge is 0.311 e. The van der Waals surface area contributed by atoms with Gasteiger partial charge in [0.25, 0.3) is 33.3 Å². The molecule has 6 heterocycles. The number of esters is 2. The van der Waals surface area contributed by atoms with Gasteiger partial charge in [-0.3, -0.25) is 9.59 Å². The molecule has 0 aliphatic carbocycles. The first-order valence-electron chi connectivity index (χ1n) is 46.2. The van der Waals surface area contributed by atoms with E-state index in [0.29, 0.717) is 19.3 Å². The van der Waals surface area contributed by atoms with E-state index in [9.17, 15) is 14.7 Å². The largest absolute Gasteiger partial charge is 0.465 e. The van der Waals surface area contributed by atoms with Crippen molar-refractivity contribution in [2.24, 2.45) is 10.8 Å². The monoisotopic (exact) mass is 1790 g/mol. The summed E-state index contributed by atoms with van der Waals surface area (Å²) in [6.45, 7) is 47.4. The lowest BCUT2D eigenvalue weighted by atomic mass is 9.88. The summed E-state index contributed by atoms with van der Waals surface area (Å²) < 4.78 is 94.1. The lowest BCUT2D eigenvalue weighted by Gasteiger charge is -2.53. The predicted molar refractivity (Wildman–Crippen MR) is 517 cm³/mol. The molecule has 0 amide bonds. The lowest BCUT2D eigenvalue weighted by Crippen LogP contribution is -2.73. The first kappa shape index (κ1) is 97.1. The number of aliphatic hydroxyl groups is 1. The minimum atomic E-state index is -3.20. The van der Waals surface area contributed by atoms with Crippen molar-refractivity contribution in [2.75, 3.05) is 20.3 Å². The van der Waals surface area contributed by atoms with Crippen LogP contribution in [0.25, 0.3) is 0 Å². The van der Waals surface area contributed by atoms with Gasteiger partial charge in [0.15, 0.2) is 0 Å². The van der Waals surface area contributed by atoms with E-state index in [2.05, 4.69) is 339 Å². The number of hydrogen-bond acceptors (Lipinski definition) is 16. The van der Waals surface area contributed by atoms with Crippen LogP contribution >= 0.6 is 0 Å². The molecule has 1 N–H and O–H groups in total. The number of carbonyl (C=O) groups is 2. The van der Waals surface area contributed by atoms with Crippen molar-refractivity contribution < 1.29 is 75.0 Å². The zero-order chi connectivity index (χ0) is 91.1. The standard InChI is InChI=1S/C54H72O8Si2.C53H70O8Si2/c1-12-38(56-11)37-45-47(61-63(53(5,6)7,40-25-17-13-18-26-40)41-27-19-14-20-28-41)48-49(60-45)50(46-44(59-48)34-33-39(58-46)35-36-57-51(55)52(2,3)4)62-64(54(8,9)10,42-29-21-15-22-30-42)43-31-23-16-24-32-43;1-11-37(54)36-44-46(60-62(52(5,6)7,39-24-16-12-17-25-39)40-26-18-13-19-27-40)47-48(59-44)49(45-43(58-47)33-32-38(57-45)34-35-56-50(55)51(2,3)4)61-63(53(8,9)10,41-28-20-14-21-29-41)42-30-22-15-23-31-42/h12-32,38-39,44-50H,1,33-37H2,2-11H3;11-31,37-38,43-49,54H,1,32-36H2,2-10H3/t38?,39-,44+,45-,46+,47+,48+,49-,50+;37?,38-,43+,44-,45+,46+,47+,48-,49+/m11/s1. The average molecular weight is 1800 g/mol. The second kappa shape index (κ2) is 40.3. The van der Waals surface area contributed by atoms with E-state index >= 15 is 0 Å². The highest BCUT2D eigenvalue weighted by Gasteiger charge is 2.68. The molecule has 6 aliphatic heterocycles. The van der Waals surface area contributed by atoms with Gasteiger partial charge in [-0.15, -0.1) is 13.2 Å². The van der Waals surface area contributed by atoms with E-state index in [0.717, 1.165) is 46.4 Å². The Morgan fingerprint density at radius 1 is 0.346 bits per heavy atom. The molecule has 2 unspecified atom stereocenters. The maximum absolute atomic E-state index is 12.8. The van der Waals surface area contributed by atoms with Crippen molar-refractivity contribution in [1.82, 2.24) is 0 Å². The van der Waals surface area contributed by atoms with Gasteiger partial charge in [0, 0.05) is 32.8 Å². The molecular weight excluding hydrogens is 1650 g/mol. The third-order valence-electron chi connectivity index (χ3n) is 26.9. The molecule has 0 bridgehead atoms. The van der Waals surface area contributed by atoms with Gasteiger partial charge in [-0.05, 0) is 129 Å². The molecule has 18 atom stereocenters. The third-order valence-corrected chi connectivity index (χ3v) is 47.0. The van der Waals surface area contributed by atoms with Gasteiger partial charge >= 0.3 is 11.9 Å². The summed E-state index contributed by atoms with van der Waals surface area (Å²) in [5, 5.41) is 19.4. The molecule has 6 aliphatic rings. The number of methoxy groups -OCH3 is 1. The first-order valence-corrected chi connectivity index (χ1v) is 53.9. The topological polar surface area (TPSA) is 174 Å². The van der Waals surface area contributed by atoms with E-state index < -0.39 is 123 Å². The highest BCUT2D eigenvalue weighted by Crippen LogP contribution is 2.52. The van der Waals surface area contributed by atoms with Gasteiger partial charge in [0.1, 0.15) is 61.0 Å². The van der Waals surface area contributed by atoms with Crippen molar-refractivity contribution in [3.05, 3.63) is 268 Å². The summed E-state index contributed by atoms with van der Waals surface area (Å²) in [5.74, 6) is -0.448. The van der Waals surface area contributed by atoms with E-state index in [-0.39, 0.29) is 82.2 Å². The van der Waals surface area contributed by atoms with Crippen LogP contribution in [0, 0.1) is 10.8 Å². The Kier molecular flexibility index (Phi) is 30.8. The maximum atomic E-state index is 12.8. The molecule has 6 saturated heterocycles. The molecule has 16 nitrogen and oxygen atoms in total. The summed E-state index contributed by atoms with van der Waals surface area (Å²) in [5.41, 5.74) is -1.18. The minimum Gasteiger partial charge on any atom is -0.465 e. The molecule has 0 saturated carbocycles. The molecule has 14 rings (SSSR count). The van der Waals surface area contributed by atoms with Gasteiger partial charge in [-0.25, -0.2) is 0 Å². The van der Waals surface area contributed by atoms with Crippen LogP contribution in [0.3, 0.4) is 0 Å². The third kappa shape index (κ3) is 20.5. The molecule has 0 radical (unpaired) electrons. The highest BCUT2D eigenvalue weighted by atomic mass is 28.4. The van der Waals surface area contributed by atoms with Crippen LogP contribution in [-0.4, -0.2) is 181 Å². The minimum absolute atomic E-state index is 0.167. The maximum Gasteiger partial charge on any atom is 0.311 e. The Hall–Kier alpha value is -7.43. The van der Waals surface area contributed by atoms with Gasteiger partial charge in [-0.1, -0.05) is 338 Å². The molecule has 682 valence electrons. The van der Waals surface area contributed by atoms with Crippen LogP contribution in [0.4, 0.5) is 0 Å². The molecule has 8 aromatic carbocycles. The Balaban J connectivity index is 0.000000217. The van der Waals surface area contributed by atoms with Gasteiger partial charge in [-0.2, -0.15) is 0 Å². The number of aliphatic hydroxyl groups excluding tert-OH is 1. The van der Waals surface area contributed by atoms with Crippen LogP contribution in [-0.2, 0) is 69.9 Å². The Morgan fingerprint density at radius 2 is 0.591 bits per heavy atom. The number of rotatable bonds is 29. The number of hydrogen-bond donors (Lipinski definition) is 1. The summed E-state index contributed by atoms with van der Waals surface area (Å²) in [7, 11) is -11.0. The van der Waals surface area contributed by atoms with E-state index in [1.165, 1.54) is 20.7 Å². The fourth-order valence-corrected chi connectivity index (χ4v) is 39.4. The fraction of sp³-hybridized carbons (Fsp3) is 0.495. The molecule has 0 aromatic heterocycles. The van der Waals surface area contributed by atoms with Gasteiger partial charge < -0.3 is 65.4 Å². The number of ether oxygens (including phenoxy) is 9.